The molecule has 0 aliphatic carbocycles. The van der Waals surface area contributed by atoms with Crippen molar-refractivity contribution >= 4 is 23.5 Å². The lowest BCUT2D eigenvalue weighted by molar-refractivity contribution is -0.156. The van der Waals surface area contributed by atoms with Gasteiger partial charge in [0.15, 0.2) is 5.60 Å². The average Bonchev–Trinajstić information content (AvgIpc) is 2.43. The van der Waals surface area contributed by atoms with Crippen LogP contribution in [0.25, 0.3) is 0 Å². The number of aliphatic carboxylic acids is 1. The van der Waals surface area contributed by atoms with Gasteiger partial charge < -0.3 is 20.3 Å². The topological polar surface area (TPSA) is 95.9 Å². The third-order valence-corrected chi connectivity index (χ3v) is 3.60. The number of nitrogens with one attached hydrogen (secondary N) is 1. The molecule has 1 aliphatic heterocycles. The Morgan fingerprint density at radius 1 is 1.52 bits per heavy atom. The summed E-state index contributed by atoms with van der Waals surface area (Å²) in [4.78, 5) is 22.8. The summed E-state index contributed by atoms with van der Waals surface area (Å²) in [5.74, 6) is -1.50. The lowest BCUT2D eigenvalue weighted by atomic mass is 9.95. The summed E-state index contributed by atoms with van der Waals surface area (Å²) < 4.78 is 5.49. The number of benzene rings is 1. The predicted molar refractivity (Wildman–Crippen MR) is 75.4 cm³/mol. The van der Waals surface area contributed by atoms with Crippen molar-refractivity contribution < 1.29 is 24.5 Å². The molecule has 1 aliphatic rings. The summed E-state index contributed by atoms with van der Waals surface area (Å²) in [6.45, 7) is 0.970. The van der Waals surface area contributed by atoms with Gasteiger partial charge in [-0.15, -0.1) is 0 Å². The predicted octanol–water partition coefficient (Wildman–Crippen LogP) is 0.843. The van der Waals surface area contributed by atoms with Crippen LogP contribution in [0.3, 0.4) is 0 Å². The minimum atomic E-state index is -1.99. The summed E-state index contributed by atoms with van der Waals surface area (Å²) in [5, 5.41) is 21.4. The smallest absolute Gasteiger partial charge is 0.337 e. The van der Waals surface area contributed by atoms with Crippen LogP contribution in [0, 0.1) is 5.92 Å². The maximum absolute atomic E-state index is 12.0. The summed E-state index contributed by atoms with van der Waals surface area (Å²) in [7, 11) is 0. The van der Waals surface area contributed by atoms with Crippen molar-refractivity contribution in [3.8, 4) is 5.75 Å². The van der Waals surface area contributed by atoms with Crippen LogP contribution in [-0.4, -0.2) is 40.8 Å². The SMILES string of the molecule is CC(O)(CNC(=O)C1COc2ccc(Cl)cc2C1)C(=O)O. The number of rotatable bonds is 4. The van der Waals surface area contributed by atoms with Crippen LogP contribution >= 0.6 is 11.6 Å². The third kappa shape index (κ3) is 3.65. The van der Waals surface area contributed by atoms with E-state index >= 15 is 0 Å². The highest BCUT2D eigenvalue weighted by atomic mass is 35.5. The average molecular weight is 314 g/mol. The van der Waals surface area contributed by atoms with E-state index in [0.29, 0.717) is 17.2 Å². The first kappa shape index (κ1) is 15.6. The van der Waals surface area contributed by atoms with E-state index in [9.17, 15) is 14.7 Å². The highest BCUT2D eigenvalue weighted by molar-refractivity contribution is 6.30. The van der Waals surface area contributed by atoms with E-state index in [0.717, 1.165) is 12.5 Å². The van der Waals surface area contributed by atoms with Crippen molar-refractivity contribution in [2.24, 2.45) is 5.92 Å². The molecule has 0 spiro atoms. The molecule has 21 heavy (non-hydrogen) atoms. The molecule has 1 aromatic rings. The van der Waals surface area contributed by atoms with Gasteiger partial charge in [0.1, 0.15) is 12.4 Å². The number of carbonyl (C=O) groups excluding carboxylic acids is 1. The zero-order valence-corrected chi connectivity index (χ0v) is 12.2. The molecule has 7 heteroatoms. The molecule has 2 unspecified atom stereocenters. The molecular weight excluding hydrogens is 298 g/mol. The van der Waals surface area contributed by atoms with Crippen LogP contribution < -0.4 is 10.1 Å². The summed E-state index contributed by atoms with van der Waals surface area (Å²) >= 11 is 5.91. The van der Waals surface area contributed by atoms with Crippen LogP contribution in [0.15, 0.2) is 18.2 Å². The maximum atomic E-state index is 12.0. The van der Waals surface area contributed by atoms with Gasteiger partial charge in [-0.3, -0.25) is 4.79 Å². The summed E-state index contributed by atoms with van der Waals surface area (Å²) in [6, 6.07) is 5.20. The van der Waals surface area contributed by atoms with E-state index in [1.807, 2.05) is 0 Å². The Morgan fingerprint density at radius 3 is 2.90 bits per heavy atom. The van der Waals surface area contributed by atoms with Gasteiger partial charge in [0.2, 0.25) is 5.91 Å². The normalized spacial score (nSPS) is 19.9. The van der Waals surface area contributed by atoms with E-state index in [-0.39, 0.29) is 19.1 Å². The van der Waals surface area contributed by atoms with Gasteiger partial charge in [-0.2, -0.15) is 0 Å². The Labute approximate surface area is 126 Å². The molecule has 1 heterocycles. The number of amides is 1. The lowest BCUT2D eigenvalue weighted by Gasteiger charge is -2.26. The fraction of sp³-hybridized carbons (Fsp3) is 0.429. The van der Waals surface area contributed by atoms with Gasteiger partial charge in [-0.05, 0) is 37.1 Å². The Kier molecular flexibility index (Phi) is 4.39. The van der Waals surface area contributed by atoms with E-state index in [4.69, 9.17) is 21.4 Å². The van der Waals surface area contributed by atoms with Gasteiger partial charge in [0.25, 0.3) is 0 Å². The van der Waals surface area contributed by atoms with Gasteiger partial charge in [-0.1, -0.05) is 11.6 Å². The van der Waals surface area contributed by atoms with Crippen LogP contribution in [-0.2, 0) is 16.0 Å². The van der Waals surface area contributed by atoms with Crippen molar-refractivity contribution in [3.05, 3.63) is 28.8 Å². The van der Waals surface area contributed by atoms with E-state index < -0.39 is 17.5 Å². The van der Waals surface area contributed by atoms with E-state index in [2.05, 4.69) is 5.32 Å². The standard InChI is InChI=1S/C14H16ClNO5/c1-14(20,13(18)19)7-16-12(17)9-4-8-5-10(15)2-3-11(8)21-6-9/h2-3,5,9,20H,4,6-7H2,1H3,(H,16,17)(H,18,19). The molecule has 0 fully saturated rings. The van der Waals surface area contributed by atoms with Crippen LogP contribution in [0.2, 0.25) is 5.02 Å². The summed E-state index contributed by atoms with van der Waals surface area (Å²) in [6.07, 6.45) is 0.455. The highest BCUT2D eigenvalue weighted by Gasteiger charge is 2.32. The second-order valence-electron chi connectivity index (χ2n) is 5.26. The zero-order chi connectivity index (χ0) is 15.6. The first-order valence-electron chi connectivity index (χ1n) is 6.44. The molecule has 0 aromatic heterocycles. The van der Waals surface area contributed by atoms with Crippen molar-refractivity contribution in [2.75, 3.05) is 13.2 Å². The Bertz CT molecular complexity index is 572. The van der Waals surface area contributed by atoms with Gasteiger partial charge in [0.05, 0.1) is 12.5 Å². The fourth-order valence-electron chi connectivity index (χ4n) is 2.01. The molecule has 6 nitrogen and oxygen atoms in total. The molecule has 1 amide bonds. The Morgan fingerprint density at radius 2 is 2.24 bits per heavy atom. The van der Waals surface area contributed by atoms with Crippen molar-refractivity contribution in [3.63, 3.8) is 0 Å². The highest BCUT2D eigenvalue weighted by Crippen LogP contribution is 2.29. The zero-order valence-electron chi connectivity index (χ0n) is 11.4. The molecule has 0 radical (unpaired) electrons. The molecule has 114 valence electrons. The van der Waals surface area contributed by atoms with Gasteiger partial charge in [-0.25, -0.2) is 4.79 Å². The first-order chi connectivity index (χ1) is 9.79. The Hall–Kier alpha value is -1.79. The van der Waals surface area contributed by atoms with Crippen molar-refractivity contribution in [1.82, 2.24) is 5.32 Å². The number of halogens is 1. The first-order valence-corrected chi connectivity index (χ1v) is 6.82. The third-order valence-electron chi connectivity index (χ3n) is 3.37. The minimum absolute atomic E-state index is 0.204. The molecule has 2 rings (SSSR count). The summed E-state index contributed by atoms with van der Waals surface area (Å²) in [5.41, 5.74) is -1.16. The Balaban J connectivity index is 1.98. The molecule has 1 aromatic carbocycles. The number of carboxylic acids is 1. The molecule has 0 saturated heterocycles. The van der Waals surface area contributed by atoms with Gasteiger partial charge in [0, 0.05) is 5.02 Å². The van der Waals surface area contributed by atoms with E-state index in [1.54, 1.807) is 18.2 Å². The number of aliphatic hydroxyl groups is 1. The molecular formula is C14H16ClNO5. The number of hydrogen-bond acceptors (Lipinski definition) is 4. The number of ether oxygens (including phenoxy) is 1. The number of carbonyl (C=O) groups is 2. The number of hydrogen-bond donors (Lipinski definition) is 3. The second-order valence-corrected chi connectivity index (χ2v) is 5.70. The minimum Gasteiger partial charge on any atom is -0.492 e. The van der Waals surface area contributed by atoms with Gasteiger partial charge >= 0.3 is 5.97 Å². The quantitative estimate of drug-likeness (QED) is 0.765. The fourth-order valence-corrected chi connectivity index (χ4v) is 2.21. The number of carboxylic acid groups (broad SMARTS) is 1. The number of fused-ring (bicyclic) bond motifs is 1. The largest absolute Gasteiger partial charge is 0.492 e. The molecule has 2 atom stereocenters. The molecule has 0 saturated carbocycles. The molecule has 3 N–H and O–H groups in total. The second kappa shape index (κ2) is 5.91. The van der Waals surface area contributed by atoms with Crippen LogP contribution in [0.1, 0.15) is 12.5 Å². The van der Waals surface area contributed by atoms with Crippen molar-refractivity contribution in [1.29, 1.82) is 0 Å². The maximum Gasteiger partial charge on any atom is 0.337 e. The lowest BCUT2D eigenvalue weighted by Crippen LogP contribution is -2.49. The monoisotopic (exact) mass is 313 g/mol. The van der Waals surface area contributed by atoms with E-state index in [1.165, 1.54) is 0 Å². The molecule has 0 bridgehead atoms. The van der Waals surface area contributed by atoms with Crippen LogP contribution in [0.5, 0.6) is 5.75 Å². The van der Waals surface area contributed by atoms with Crippen molar-refractivity contribution in [2.45, 2.75) is 18.9 Å². The van der Waals surface area contributed by atoms with Crippen LogP contribution in [0.4, 0.5) is 0 Å².